The topological polar surface area (TPSA) is 23.9 Å². The molecule has 0 amide bonds. The third-order valence-electron chi connectivity index (χ3n) is 0.313. The van der Waals surface area contributed by atoms with Gasteiger partial charge in [0.15, 0.2) is 0 Å². The fraction of sp³-hybridized carbons (Fsp3) is 0.250. The monoisotopic (exact) mass is 87.0 g/mol. The summed E-state index contributed by atoms with van der Waals surface area (Å²) in [7, 11) is 0. The maximum absolute atomic E-state index is 10.9. The van der Waals surface area contributed by atoms with Gasteiger partial charge in [0, 0.05) is 5.71 Å². The van der Waals surface area contributed by atoms with Crippen molar-refractivity contribution in [1.82, 2.24) is 0 Å². The van der Waals surface area contributed by atoms with Crippen molar-refractivity contribution in [1.29, 1.82) is 5.41 Å². The number of halogens is 1. The average Bonchev–Trinajstić information content (AvgIpc) is 1.35. The van der Waals surface area contributed by atoms with Crippen LogP contribution < -0.4 is 0 Å². The van der Waals surface area contributed by atoms with E-state index < -0.39 is 0 Å². The molecular weight excluding hydrogens is 81.0 g/mol. The average molecular weight is 87.1 g/mol. The highest BCUT2D eigenvalue weighted by Gasteiger charge is 1.69. The molecule has 0 spiro atoms. The standard InChI is InChI=1S/C4H6FN/c1-4(6)2-3-5/h2-3,6H,1H3. The molecule has 0 fully saturated rings. The van der Waals surface area contributed by atoms with Crippen LogP contribution in [0.5, 0.6) is 0 Å². The molecule has 34 valence electrons. The molecular formula is C4H6FN. The van der Waals surface area contributed by atoms with Crippen molar-refractivity contribution < 1.29 is 4.39 Å². The fourth-order valence-corrected chi connectivity index (χ4v) is 0.0945. The molecule has 0 bridgehead atoms. The van der Waals surface area contributed by atoms with Crippen LogP contribution in [0.3, 0.4) is 0 Å². The molecule has 0 aliphatic carbocycles. The van der Waals surface area contributed by atoms with Crippen molar-refractivity contribution in [3.05, 3.63) is 12.4 Å². The normalized spacial score (nSPS) is 9.67. The summed E-state index contributed by atoms with van der Waals surface area (Å²) in [6, 6.07) is 0. The first kappa shape index (κ1) is 5.34. The van der Waals surface area contributed by atoms with E-state index in [1.54, 1.807) is 0 Å². The molecule has 0 saturated heterocycles. The highest BCUT2D eigenvalue weighted by atomic mass is 19.1. The van der Waals surface area contributed by atoms with Gasteiger partial charge in [0.2, 0.25) is 0 Å². The smallest absolute Gasteiger partial charge is 0.0884 e. The van der Waals surface area contributed by atoms with Crippen LogP contribution in [0.4, 0.5) is 4.39 Å². The minimum atomic E-state index is 0.234. The van der Waals surface area contributed by atoms with E-state index >= 15 is 0 Å². The highest BCUT2D eigenvalue weighted by molar-refractivity contribution is 5.89. The van der Waals surface area contributed by atoms with Gasteiger partial charge in [0.05, 0.1) is 6.33 Å². The molecule has 0 saturated carbocycles. The predicted molar refractivity (Wildman–Crippen MR) is 23.6 cm³/mol. The molecule has 2 heteroatoms. The van der Waals surface area contributed by atoms with Crippen LogP contribution in [0.1, 0.15) is 6.92 Å². The summed E-state index contributed by atoms with van der Waals surface area (Å²) in [6.45, 7) is 1.51. The van der Waals surface area contributed by atoms with Gasteiger partial charge in [0.1, 0.15) is 0 Å². The molecule has 0 rings (SSSR count). The van der Waals surface area contributed by atoms with Gasteiger partial charge in [-0.05, 0) is 13.0 Å². The van der Waals surface area contributed by atoms with Crippen LogP contribution >= 0.6 is 0 Å². The molecule has 0 radical (unpaired) electrons. The number of allylic oxidation sites excluding steroid dienone is 1. The first-order valence-corrected chi connectivity index (χ1v) is 1.59. The Balaban J connectivity index is 3.30. The van der Waals surface area contributed by atoms with Gasteiger partial charge in [0.25, 0.3) is 0 Å². The van der Waals surface area contributed by atoms with E-state index in [2.05, 4.69) is 0 Å². The summed E-state index contributed by atoms with van der Waals surface area (Å²) in [5, 5.41) is 6.57. The molecule has 0 aromatic heterocycles. The van der Waals surface area contributed by atoms with Crippen LogP contribution in [-0.2, 0) is 0 Å². The molecule has 0 aliphatic rings. The number of hydrogen-bond acceptors (Lipinski definition) is 1. The molecule has 1 nitrogen and oxygen atoms in total. The fourth-order valence-electron chi connectivity index (χ4n) is 0.0945. The Labute approximate surface area is 36.0 Å². The summed E-state index contributed by atoms with van der Waals surface area (Å²) in [6.07, 6.45) is 1.43. The Hall–Kier alpha value is -0.660. The maximum Gasteiger partial charge on any atom is 0.0884 e. The van der Waals surface area contributed by atoms with Crippen molar-refractivity contribution in [2.24, 2.45) is 0 Å². The zero-order valence-corrected chi connectivity index (χ0v) is 3.53. The predicted octanol–water partition coefficient (Wildman–Crippen LogP) is 1.51. The second-order valence-electron chi connectivity index (χ2n) is 0.976. The van der Waals surface area contributed by atoms with Gasteiger partial charge in [-0.2, -0.15) is 0 Å². The van der Waals surface area contributed by atoms with Crippen LogP contribution in [0.25, 0.3) is 0 Å². The maximum atomic E-state index is 10.9. The quantitative estimate of drug-likeness (QED) is 0.469. The lowest BCUT2D eigenvalue weighted by atomic mass is 10.4. The SMILES string of the molecule is CC(=N)C=CF. The Bertz CT molecular complexity index is 75.6. The minimum absolute atomic E-state index is 0.234. The van der Waals surface area contributed by atoms with Crippen molar-refractivity contribution in [2.75, 3.05) is 0 Å². The summed E-state index contributed by atoms with van der Waals surface area (Å²) in [5.74, 6) is 0. The Morgan fingerprint density at radius 2 is 2.33 bits per heavy atom. The summed E-state index contributed by atoms with van der Waals surface area (Å²) in [5.41, 5.74) is 0.234. The van der Waals surface area contributed by atoms with E-state index in [-0.39, 0.29) is 5.71 Å². The number of hydrogen-bond donors (Lipinski definition) is 1. The Kier molecular flexibility index (Phi) is 2.29. The first-order valence-electron chi connectivity index (χ1n) is 1.59. The highest BCUT2D eigenvalue weighted by Crippen LogP contribution is 1.73. The largest absolute Gasteiger partial charge is 0.306 e. The minimum Gasteiger partial charge on any atom is -0.306 e. The molecule has 0 heterocycles. The van der Waals surface area contributed by atoms with Crippen LogP contribution in [0, 0.1) is 5.41 Å². The molecule has 1 N–H and O–H groups in total. The van der Waals surface area contributed by atoms with Crippen molar-refractivity contribution in [3.63, 3.8) is 0 Å². The summed E-state index contributed by atoms with van der Waals surface area (Å²) >= 11 is 0. The second-order valence-corrected chi connectivity index (χ2v) is 0.976. The van der Waals surface area contributed by atoms with E-state index in [9.17, 15) is 4.39 Å². The van der Waals surface area contributed by atoms with Gasteiger partial charge >= 0.3 is 0 Å². The third-order valence-corrected chi connectivity index (χ3v) is 0.313. The van der Waals surface area contributed by atoms with Crippen LogP contribution in [0.15, 0.2) is 12.4 Å². The molecule has 0 aliphatic heterocycles. The Morgan fingerprint density at radius 1 is 1.83 bits per heavy atom. The van der Waals surface area contributed by atoms with Gasteiger partial charge in [-0.1, -0.05) is 0 Å². The summed E-state index contributed by atoms with van der Waals surface area (Å²) < 4.78 is 10.9. The molecule has 0 aromatic carbocycles. The van der Waals surface area contributed by atoms with E-state index in [0.717, 1.165) is 6.08 Å². The third kappa shape index (κ3) is 3.34. The van der Waals surface area contributed by atoms with Gasteiger partial charge < -0.3 is 5.41 Å². The Morgan fingerprint density at radius 3 is 2.33 bits per heavy atom. The van der Waals surface area contributed by atoms with Crippen molar-refractivity contribution >= 4 is 5.71 Å². The lowest BCUT2D eigenvalue weighted by molar-refractivity contribution is 0.722. The van der Waals surface area contributed by atoms with Crippen LogP contribution in [-0.4, -0.2) is 5.71 Å². The molecule has 0 unspecified atom stereocenters. The lowest BCUT2D eigenvalue weighted by Crippen LogP contribution is -1.73. The van der Waals surface area contributed by atoms with E-state index in [4.69, 9.17) is 5.41 Å². The van der Waals surface area contributed by atoms with Gasteiger partial charge in [-0.25, -0.2) is 4.39 Å². The second kappa shape index (κ2) is 2.57. The number of nitrogens with one attached hydrogen (secondary N) is 1. The number of rotatable bonds is 1. The summed E-state index contributed by atoms with van der Waals surface area (Å²) in [4.78, 5) is 0. The zero-order valence-electron chi connectivity index (χ0n) is 3.53. The molecule has 6 heavy (non-hydrogen) atoms. The van der Waals surface area contributed by atoms with Crippen molar-refractivity contribution in [3.8, 4) is 0 Å². The van der Waals surface area contributed by atoms with Gasteiger partial charge in [-0.15, -0.1) is 0 Å². The van der Waals surface area contributed by atoms with E-state index in [0.29, 0.717) is 6.33 Å². The van der Waals surface area contributed by atoms with E-state index in [1.807, 2.05) is 0 Å². The zero-order chi connectivity index (χ0) is 4.99. The lowest BCUT2D eigenvalue weighted by Gasteiger charge is -1.71. The first-order chi connectivity index (χ1) is 2.77. The van der Waals surface area contributed by atoms with Gasteiger partial charge in [-0.3, -0.25) is 0 Å². The van der Waals surface area contributed by atoms with E-state index in [1.165, 1.54) is 6.92 Å². The van der Waals surface area contributed by atoms with Crippen molar-refractivity contribution in [2.45, 2.75) is 6.92 Å². The molecule has 0 atom stereocenters. The molecule has 0 aromatic rings. The van der Waals surface area contributed by atoms with Crippen LogP contribution in [0.2, 0.25) is 0 Å².